The van der Waals surface area contributed by atoms with Crippen LogP contribution in [0.2, 0.25) is 0 Å². The van der Waals surface area contributed by atoms with Crippen molar-refractivity contribution in [1.29, 1.82) is 0 Å². The molecule has 1 heterocycles. The largest absolute Gasteiger partial charge is 0.372 e. The first-order valence-electron chi connectivity index (χ1n) is 8.13. The van der Waals surface area contributed by atoms with Gasteiger partial charge in [0.05, 0.1) is 0 Å². The summed E-state index contributed by atoms with van der Waals surface area (Å²) in [7, 11) is 0. The predicted molar refractivity (Wildman–Crippen MR) is 91.5 cm³/mol. The van der Waals surface area contributed by atoms with Crippen LogP contribution in [0.3, 0.4) is 0 Å². The molecule has 1 aliphatic heterocycles. The van der Waals surface area contributed by atoms with Crippen molar-refractivity contribution in [2.24, 2.45) is 0 Å². The van der Waals surface area contributed by atoms with Gasteiger partial charge in [0, 0.05) is 25.2 Å². The van der Waals surface area contributed by atoms with Crippen LogP contribution in [0.1, 0.15) is 12.0 Å². The number of aliphatic hydroxyl groups is 1. The summed E-state index contributed by atoms with van der Waals surface area (Å²) in [5, 5.41) is 13.1. The molecule has 2 aromatic rings. The van der Waals surface area contributed by atoms with Crippen molar-refractivity contribution < 1.29 is 19.1 Å². The second-order valence-corrected chi connectivity index (χ2v) is 6.00. The Bertz CT molecular complexity index is 781. The highest BCUT2D eigenvalue weighted by Gasteiger charge is 2.51. The van der Waals surface area contributed by atoms with Crippen molar-refractivity contribution in [2.45, 2.75) is 18.4 Å². The second kappa shape index (κ2) is 7.03. The lowest BCUT2D eigenvalue weighted by atomic mass is 10.0. The molecule has 2 N–H and O–H groups in total. The molecule has 0 aliphatic carbocycles. The minimum Gasteiger partial charge on any atom is -0.372 e. The molecule has 3 rings (SSSR count). The van der Waals surface area contributed by atoms with Gasteiger partial charge in [-0.15, -0.1) is 0 Å². The number of carbonyl (C=O) groups excluding carboxylic acids is 2. The summed E-state index contributed by atoms with van der Waals surface area (Å²) in [4.78, 5) is 26.2. The minimum atomic E-state index is -2.08. The number of benzene rings is 2. The van der Waals surface area contributed by atoms with Gasteiger partial charge in [0.2, 0.25) is 5.60 Å². The van der Waals surface area contributed by atoms with E-state index in [0.29, 0.717) is 11.3 Å². The number of carbonyl (C=O) groups is 2. The summed E-state index contributed by atoms with van der Waals surface area (Å²) in [6, 6.07) is 15.2. The van der Waals surface area contributed by atoms with E-state index in [4.69, 9.17) is 0 Å². The number of hydrogen-bond acceptors (Lipinski definition) is 3. The van der Waals surface area contributed by atoms with Gasteiger partial charge >= 0.3 is 0 Å². The number of anilines is 1. The van der Waals surface area contributed by atoms with Crippen LogP contribution < -0.4 is 10.2 Å². The van der Waals surface area contributed by atoms with Crippen LogP contribution in [0.4, 0.5) is 10.1 Å². The van der Waals surface area contributed by atoms with Crippen LogP contribution in [0.25, 0.3) is 0 Å². The van der Waals surface area contributed by atoms with E-state index >= 15 is 0 Å². The van der Waals surface area contributed by atoms with Crippen LogP contribution >= 0.6 is 0 Å². The Morgan fingerprint density at radius 1 is 1.16 bits per heavy atom. The lowest BCUT2D eigenvalue weighted by molar-refractivity contribution is -0.149. The highest BCUT2D eigenvalue weighted by Crippen LogP contribution is 2.28. The molecule has 0 unspecified atom stereocenters. The first-order valence-corrected chi connectivity index (χ1v) is 8.13. The summed E-state index contributed by atoms with van der Waals surface area (Å²) in [5.74, 6) is -1.72. The normalized spacial score (nSPS) is 19.9. The molecule has 6 heteroatoms. The first kappa shape index (κ1) is 17.1. The molecular formula is C19H19FN2O3. The molecule has 5 nitrogen and oxygen atoms in total. The highest BCUT2D eigenvalue weighted by molar-refractivity contribution is 6.16. The maximum atomic E-state index is 13.6. The Kier molecular flexibility index (Phi) is 4.81. The van der Waals surface area contributed by atoms with Crippen molar-refractivity contribution in [3.8, 4) is 0 Å². The molecule has 0 radical (unpaired) electrons. The number of para-hydroxylation sites is 1. The topological polar surface area (TPSA) is 69.6 Å². The van der Waals surface area contributed by atoms with E-state index in [0.717, 1.165) is 0 Å². The summed E-state index contributed by atoms with van der Waals surface area (Å²) >= 11 is 0. The maximum Gasteiger partial charge on any atom is 0.268 e. The second-order valence-electron chi connectivity index (χ2n) is 6.00. The van der Waals surface area contributed by atoms with E-state index in [1.54, 1.807) is 42.5 Å². The molecule has 0 bridgehead atoms. The molecule has 2 aromatic carbocycles. The van der Waals surface area contributed by atoms with Crippen LogP contribution in [-0.4, -0.2) is 35.6 Å². The smallest absolute Gasteiger partial charge is 0.268 e. The van der Waals surface area contributed by atoms with Crippen molar-refractivity contribution in [3.63, 3.8) is 0 Å². The lowest BCUT2D eigenvalue weighted by Crippen LogP contribution is -2.52. The summed E-state index contributed by atoms with van der Waals surface area (Å²) in [5.41, 5.74) is -0.966. The molecule has 1 aliphatic rings. The fourth-order valence-corrected chi connectivity index (χ4v) is 2.93. The van der Waals surface area contributed by atoms with Gasteiger partial charge in [-0.2, -0.15) is 0 Å². The molecular weight excluding hydrogens is 323 g/mol. The number of halogens is 1. The average molecular weight is 342 g/mol. The fraction of sp³-hybridized carbons (Fsp3) is 0.263. The molecule has 25 heavy (non-hydrogen) atoms. The van der Waals surface area contributed by atoms with E-state index in [1.165, 1.54) is 11.0 Å². The summed E-state index contributed by atoms with van der Waals surface area (Å²) in [6.45, 7) is 0.404. The van der Waals surface area contributed by atoms with E-state index in [9.17, 15) is 19.1 Å². The third-order valence-electron chi connectivity index (χ3n) is 4.38. The summed E-state index contributed by atoms with van der Waals surface area (Å²) in [6.07, 6.45) is 0.303. The van der Waals surface area contributed by atoms with Crippen molar-refractivity contribution in [3.05, 3.63) is 66.0 Å². The van der Waals surface area contributed by atoms with Crippen molar-refractivity contribution in [2.75, 3.05) is 18.0 Å². The Labute approximate surface area is 145 Å². The third kappa shape index (κ3) is 3.39. The Hall–Kier alpha value is -2.73. The third-order valence-corrected chi connectivity index (χ3v) is 4.38. The molecule has 0 saturated carbocycles. The number of amides is 2. The van der Waals surface area contributed by atoms with Crippen molar-refractivity contribution >= 4 is 17.5 Å². The fourth-order valence-electron chi connectivity index (χ4n) is 2.93. The van der Waals surface area contributed by atoms with Gasteiger partial charge in [-0.25, -0.2) is 4.39 Å². The monoisotopic (exact) mass is 342 g/mol. The zero-order valence-corrected chi connectivity index (χ0v) is 13.6. The van der Waals surface area contributed by atoms with Crippen molar-refractivity contribution in [1.82, 2.24) is 5.32 Å². The standard InChI is InChI=1S/C19H19FN2O3/c20-16-9-5-4-6-14(16)10-12-21-17(23)19(25)11-13-22(18(19)24)15-7-2-1-3-8-15/h1-9,25H,10-13H2,(H,21,23)/t19-/m0/s1. The molecule has 1 saturated heterocycles. The maximum absolute atomic E-state index is 13.6. The van der Waals surface area contributed by atoms with E-state index in [2.05, 4.69) is 5.32 Å². The molecule has 0 aromatic heterocycles. The number of rotatable bonds is 5. The zero-order chi connectivity index (χ0) is 17.9. The zero-order valence-electron chi connectivity index (χ0n) is 13.6. The van der Waals surface area contributed by atoms with Crippen LogP contribution in [0, 0.1) is 5.82 Å². The predicted octanol–water partition coefficient (Wildman–Crippen LogP) is 1.65. The Morgan fingerprint density at radius 2 is 1.84 bits per heavy atom. The minimum absolute atomic E-state index is 0.0201. The number of nitrogens with zero attached hydrogens (tertiary/aromatic N) is 1. The summed E-state index contributed by atoms with van der Waals surface area (Å²) < 4.78 is 13.6. The van der Waals surface area contributed by atoms with Crippen LogP contribution in [-0.2, 0) is 16.0 Å². The van der Waals surface area contributed by atoms with Crippen LogP contribution in [0.15, 0.2) is 54.6 Å². The molecule has 0 spiro atoms. The Balaban J connectivity index is 1.62. The average Bonchev–Trinajstić information content (AvgIpc) is 2.94. The SMILES string of the molecule is O=C(NCCc1ccccc1F)[C@@]1(O)CCN(c2ccccc2)C1=O. The van der Waals surface area contributed by atoms with Gasteiger partial charge in [-0.3, -0.25) is 9.59 Å². The van der Waals surface area contributed by atoms with Gasteiger partial charge < -0.3 is 15.3 Å². The van der Waals surface area contributed by atoms with Gasteiger partial charge in [0.25, 0.3) is 11.8 Å². The van der Waals surface area contributed by atoms with Gasteiger partial charge in [0.1, 0.15) is 5.82 Å². The molecule has 2 amide bonds. The molecule has 1 fully saturated rings. The highest BCUT2D eigenvalue weighted by atomic mass is 19.1. The Morgan fingerprint density at radius 3 is 2.56 bits per heavy atom. The molecule has 1 atom stereocenters. The van der Waals surface area contributed by atoms with Gasteiger partial charge in [0.15, 0.2) is 0 Å². The van der Waals surface area contributed by atoms with E-state index < -0.39 is 17.4 Å². The lowest BCUT2D eigenvalue weighted by Gasteiger charge is -2.21. The molecule has 130 valence electrons. The van der Waals surface area contributed by atoms with Gasteiger partial charge in [-0.05, 0) is 30.2 Å². The quantitative estimate of drug-likeness (QED) is 0.812. The number of hydrogen-bond donors (Lipinski definition) is 2. The van der Waals surface area contributed by atoms with Crippen LogP contribution in [0.5, 0.6) is 0 Å². The number of nitrogens with one attached hydrogen (secondary N) is 1. The van der Waals surface area contributed by atoms with E-state index in [-0.39, 0.29) is 31.7 Å². The first-order chi connectivity index (χ1) is 12.0. The van der Waals surface area contributed by atoms with Gasteiger partial charge in [-0.1, -0.05) is 36.4 Å². The van der Waals surface area contributed by atoms with E-state index in [1.807, 2.05) is 6.07 Å².